The molecule has 202 valence electrons. The molecule has 2 aromatic heterocycles. The van der Waals surface area contributed by atoms with Gasteiger partial charge in [-0.2, -0.15) is 0 Å². The number of carbonyl (C=O) groups excluding carboxylic acids is 1. The highest BCUT2D eigenvalue weighted by Crippen LogP contribution is 2.33. The Labute approximate surface area is 247 Å². The monoisotopic (exact) mass is 643 g/mol. The number of amides is 1. The van der Waals surface area contributed by atoms with E-state index in [9.17, 15) is 4.79 Å². The lowest BCUT2D eigenvalue weighted by atomic mass is 9.95. The minimum atomic E-state index is 0.0774. The number of aromatic nitrogens is 3. The van der Waals surface area contributed by atoms with Crippen LogP contribution in [0.15, 0.2) is 78.0 Å². The van der Waals surface area contributed by atoms with Crippen molar-refractivity contribution >= 4 is 45.8 Å². The van der Waals surface area contributed by atoms with Gasteiger partial charge in [0.15, 0.2) is 0 Å². The number of aliphatic imine (C=N–C) groups is 1. The summed E-state index contributed by atoms with van der Waals surface area (Å²) in [5.74, 6) is 0.575. The number of nitrogens with zero attached hydrogens (tertiary/aromatic N) is 5. The Bertz CT molecular complexity index is 1550. The van der Waals surface area contributed by atoms with Crippen molar-refractivity contribution in [2.45, 2.75) is 29.9 Å². The predicted octanol–water partition coefficient (Wildman–Crippen LogP) is 5.39. The number of nitrogens with one attached hydrogen (secondary N) is 2. The van der Waals surface area contributed by atoms with E-state index in [1.165, 1.54) is 5.56 Å². The second kappa shape index (κ2) is 11.8. The average molecular weight is 644 g/mol. The first-order valence-electron chi connectivity index (χ1n) is 13.5. The van der Waals surface area contributed by atoms with Gasteiger partial charge in [0.25, 0.3) is 5.91 Å². The highest BCUT2D eigenvalue weighted by atomic mass is 127. The Hall–Kier alpha value is -3.70. The van der Waals surface area contributed by atoms with Crippen molar-refractivity contribution in [2.75, 3.05) is 25.5 Å². The van der Waals surface area contributed by atoms with Crippen LogP contribution in [0.1, 0.15) is 45.6 Å². The van der Waals surface area contributed by atoms with E-state index in [1.807, 2.05) is 60.6 Å². The van der Waals surface area contributed by atoms with E-state index in [1.54, 1.807) is 6.20 Å². The summed E-state index contributed by atoms with van der Waals surface area (Å²) < 4.78 is 0.900. The molecule has 4 heterocycles. The van der Waals surface area contributed by atoms with Crippen molar-refractivity contribution < 1.29 is 4.79 Å². The van der Waals surface area contributed by atoms with Crippen molar-refractivity contribution in [3.05, 3.63) is 101 Å². The third-order valence-electron chi connectivity index (χ3n) is 7.51. The van der Waals surface area contributed by atoms with Gasteiger partial charge in [0, 0.05) is 63.9 Å². The molecule has 0 saturated carbocycles. The number of piperidine rings is 1. The van der Waals surface area contributed by atoms with Crippen LogP contribution >= 0.6 is 22.6 Å². The average Bonchev–Trinajstić information content (AvgIpc) is 3.18. The van der Waals surface area contributed by atoms with Crippen molar-refractivity contribution in [1.82, 2.24) is 25.2 Å². The van der Waals surface area contributed by atoms with Gasteiger partial charge >= 0.3 is 0 Å². The van der Waals surface area contributed by atoms with Crippen LogP contribution < -0.4 is 10.6 Å². The summed E-state index contributed by atoms with van der Waals surface area (Å²) in [6.07, 6.45) is 5.60. The molecular formula is C31H30IN7O. The number of hydrogen-bond acceptors (Lipinski definition) is 7. The van der Waals surface area contributed by atoms with Gasteiger partial charge in [0.05, 0.1) is 23.6 Å². The number of anilines is 2. The van der Waals surface area contributed by atoms with E-state index in [4.69, 9.17) is 9.98 Å². The van der Waals surface area contributed by atoms with Crippen LogP contribution in [0.2, 0.25) is 0 Å². The summed E-state index contributed by atoms with van der Waals surface area (Å²) in [6, 6.07) is 20.4. The molecule has 8 nitrogen and oxygen atoms in total. The quantitative estimate of drug-likeness (QED) is 0.216. The summed E-state index contributed by atoms with van der Waals surface area (Å²) >= 11 is 2.38. The third kappa shape index (κ3) is 5.48. The topological polar surface area (TPSA) is 95.4 Å². The number of carbonyl (C=O) groups is 1. The van der Waals surface area contributed by atoms with Crippen LogP contribution in [-0.2, 0) is 11.0 Å². The van der Waals surface area contributed by atoms with E-state index < -0.39 is 0 Å². The van der Waals surface area contributed by atoms with Gasteiger partial charge in [-0.1, -0.05) is 40.8 Å². The Morgan fingerprint density at radius 2 is 1.85 bits per heavy atom. The largest absolute Gasteiger partial charge is 0.339 e. The second-order valence-corrected chi connectivity index (χ2v) is 10.8. The molecule has 9 heteroatoms. The van der Waals surface area contributed by atoms with Gasteiger partial charge in [-0.15, -0.1) is 0 Å². The van der Waals surface area contributed by atoms with Crippen molar-refractivity contribution in [1.29, 1.82) is 0 Å². The molecule has 2 aliphatic heterocycles. The molecule has 0 atom stereocenters. The highest BCUT2D eigenvalue weighted by molar-refractivity contribution is 14.1. The summed E-state index contributed by atoms with van der Waals surface area (Å²) in [4.78, 5) is 34.0. The van der Waals surface area contributed by atoms with Gasteiger partial charge in [-0.25, -0.2) is 9.97 Å². The number of benzene rings is 2. The first-order valence-corrected chi connectivity index (χ1v) is 15.0. The number of likely N-dealkylation sites (tertiary alicyclic amines) is 1. The highest BCUT2D eigenvalue weighted by Gasteiger charge is 2.24. The molecule has 1 saturated heterocycles. The van der Waals surface area contributed by atoms with Crippen LogP contribution in [0.5, 0.6) is 0 Å². The van der Waals surface area contributed by atoms with Gasteiger partial charge in [0.1, 0.15) is 0 Å². The van der Waals surface area contributed by atoms with Crippen molar-refractivity contribution in [3.63, 3.8) is 0 Å². The maximum absolute atomic E-state index is 13.0. The van der Waals surface area contributed by atoms with Gasteiger partial charge in [-0.05, 0) is 67.9 Å². The number of fused-ring (bicyclic) bond motifs is 3. The molecule has 0 aliphatic carbocycles. The Balaban J connectivity index is 1.25. The van der Waals surface area contributed by atoms with E-state index in [-0.39, 0.29) is 5.91 Å². The second-order valence-electron chi connectivity index (χ2n) is 10.0. The molecule has 40 heavy (non-hydrogen) atoms. The fourth-order valence-corrected chi connectivity index (χ4v) is 5.72. The number of halogens is 1. The summed E-state index contributed by atoms with van der Waals surface area (Å²) in [7, 11) is 1.98. The molecule has 4 aromatic rings. The normalized spacial score (nSPS) is 15.1. The maximum Gasteiger partial charge on any atom is 0.253 e. The number of alkyl halides is 1. The van der Waals surface area contributed by atoms with Gasteiger partial charge < -0.3 is 15.5 Å². The zero-order valence-corrected chi connectivity index (χ0v) is 24.4. The van der Waals surface area contributed by atoms with E-state index in [0.717, 1.165) is 69.8 Å². The Morgan fingerprint density at radius 1 is 1.02 bits per heavy atom. The van der Waals surface area contributed by atoms with Crippen LogP contribution in [0.3, 0.4) is 0 Å². The molecule has 0 bridgehead atoms. The van der Waals surface area contributed by atoms with E-state index in [0.29, 0.717) is 24.1 Å². The molecule has 0 unspecified atom stereocenters. The van der Waals surface area contributed by atoms with Crippen LogP contribution in [-0.4, -0.2) is 57.6 Å². The number of pyridine rings is 1. The van der Waals surface area contributed by atoms with Gasteiger partial charge in [0.2, 0.25) is 5.95 Å². The third-order valence-corrected chi connectivity index (χ3v) is 8.39. The first-order chi connectivity index (χ1) is 19.6. The predicted molar refractivity (Wildman–Crippen MR) is 166 cm³/mol. The van der Waals surface area contributed by atoms with Crippen molar-refractivity contribution in [3.8, 4) is 11.3 Å². The fourth-order valence-electron chi connectivity index (χ4n) is 5.24. The smallest absolute Gasteiger partial charge is 0.253 e. The lowest BCUT2D eigenvalue weighted by molar-refractivity contribution is 0.0707. The maximum atomic E-state index is 13.0. The first kappa shape index (κ1) is 26.5. The minimum Gasteiger partial charge on any atom is -0.339 e. The molecule has 0 radical (unpaired) electrons. The molecule has 2 N–H and O–H groups in total. The molecule has 1 fully saturated rings. The molecular weight excluding hydrogens is 613 g/mol. The zero-order valence-electron chi connectivity index (χ0n) is 22.3. The summed E-state index contributed by atoms with van der Waals surface area (Å²) in [6.45, 7) is 2.03. The van der Waals surface area contributed by atoms with Gasteiger partial charge in [-0.3, -0.25) is 14.8 Å². The lowest BCUT2D eigenvalue weighted by Crippen LogP contribution is -2.43. The SMILES string of the molecule is CNC1CCN(C(=O)c2ccc(Nc3ncc4c(n3)-c3ccc(CI)cc3C(c3ccccn3)=NC4)cc2)CC1. The molecule has 0 spiro atoms. The standard InChI is InChI=1S/C31H30IN7O/c1-33-23-11-14-39(15-12-23)30(40)21-6-8-24(9-7-21)37-31-36-19-22-18-35-29(27-4-2-3-13-34-27)26-16-20(17-32)5-10-25(26)28(22)38-31/h2-10,13,16,19,23,33H,11-12,14-15,17-18H2,1H3,(H,36,37,38). The number of rotatable bonds is 6. The molecule has 2 aromatic carbocycles. The molecule has 2 aliphatic rings. The minimum absolute atomic E-state index is 0.0774. The summed E-state index contributed by atoms with van der Waals surface area (Å²) in [5.41, 5.74) is 8.30. The van der Waals surface area contributed by atoms with Crippen LogP contribution in [0, 0.1) is 0 Å². The van der Waals surface area contributed by atoms with E-state index >= 15 is 0 Å². The lowest BCUT2D eigenvalue weighted by Gasteiger charge is -2.31. The fraction of sp³-hybridized carbons (Fsp3) is 0.258. The zero-order chi connectivity index (χ0) is 27.5. The van der Waals surface area contributed by atoms with Crippen LogP contribution in [0.25, 0.3) is 11.3 Å². The number of hydrogen-bond donors (Lipinski definition) is 2. The Kier molecular flexibility index (Phi) is 7.83. The Morgan fingerprint density at radius 3 is 2.58 bits per heavy atom. The molecule has 1 amide bonds. The van der Waals surface area contributed by atoms with Crippen LogP contribution in [0.4, 0.5) is 11.6 Å². The molecule has 6 rings (SSSR count). The van der Waals surface area contributed by atoms with E-state index in [2.05, 4.69) is 61.4 Å². The summed E-state index contributed by atoms with van der Waals surface area (Å²) in [5, 5.41) is 6.63. The van der Waals surface area contributed by atoms with Crippen molar-refractivity contribution in [2.24, 2.45) is 4.99 Å².